The molecule has 0 fully saturated rings. The highest BCUT2D eigenvalue weighted by atomic mass is 32.1. The van der Waals surface area contributed by atoms with Crippen molar-refractivity contribution in [1.29, 1.82) is 0 Å². The van der Waals surface area contributed by atoms with Crippen LogP contribution in [0.3, 0.4) is 0 Å². The van der Waals surface area contributed by atoms with Gasteiger partial charge in [0.15, 0.2) is 0 Å². The Morgan fingerprint density at radius 1 is 1.23 bits per heavy atom. The maximum Gasteiger partial charge on any atom is 0.250 e. The molecule has 0 saturated carbocycles. The molecule has 116 valence electrons. The van der Waals surface area contributed by atoms with E-state index in [1.165, 1.54) is 17.4 Å². The summed E-state index contributed by atoms with van der Waals surface area (Å²) < 4.78 is 10.4. The lowest BCUT2D eigenvalue weighted by atomic mass is 10.2. The zero-order chi connectivity index (χ0) is 15.9. The van der Waals surface area contributed by atoms with Crippen molar-refractivity contribution in [1.82, 2.24) is 10.2 Å². The molecule has 2 rings (SSSR count). The Hall–Kier alpha value is -2.41. The van der Waals surface area contributed by atoms with Crippen molar-refractivity contribution in [3.05, 3.63) is 34.8 Å². The number of aryl methyl sites for hydroxylation is 1. The average Bonchev–Trinajstić information content (AvgIpc) is 3.00. The molecule has 1 aromatic carbocycles. The first-order chi connectivity index (χ1) is 10.6. The average molecular weight is 319 g/mol. The minimum absolute atomic E-state index is 0.263. The maximum absolute atomic E-state index is 11.9. The van der Waals surface area contributed by atoms with Crippen LogP contribution in [0.4, 0.5) is 5.13 Å². The summed E-state index contributed by atoms with van der Waals surface area (Å²) in [6.07, 6.45) is 3.91. The number of benzene rings is 1. The van der Waals surface area contributed by atoms with Crippen LogP contribution in [-0.4, -0.2) is 30.3 Å². The first kappa shape index (κ1) is 16.0. The zero-order valence-corrected chi connectivity index (χ0v) is 13.4. The van der Waals surface area contributed by atoms with Gasteiger partial charge in [0.2, 0.25) is 11.0 Å². The van der Waals surface area contributed by atoms with Crippen molar-refractivity contribution in [3.63, 3.8) is 0 Å². The van der Waals surface area contributed by atoms with Gasteiger partial charge in [0.1, 0.15) is 16.5 Å². The lowest BCUT2D eigenvalue weighted by molar-refractivity contribution is -0.111. The molecule has 0 radical (unpaired) electrons. The Kier molecular flexibility index (Phi) is 5.48. The number of hydrogen-bond acceptors (Lipinski definition) is 6. The van der Waals surface area contributed by atoms with Crippen LogP contribution >= 0.6 is 11.3 Å². The van der Waals surface area contributed by atoms with Gasteiger partial charge in [0, 0.05) is 12.1 Å². The highest BCUT2D eigenvalue weighted by Crippen LogP contribution is 2.23. The summed E-state index contributed by atoms with van der Waals surface area (Å²) in [7, 11) is 3.16. The molecule has 0 bridgehead atoms. The van der Waals surface area contributed by atoms with Crippen LogP contribution in [0, 0.1) is 0 Å². The third-order valence-corrected chi connectivity index (χ3v) is 3.78. The first-order valence-electron chi connectivity index (χ1n) is 6.69. The summed E-state index contributed by atoms with van der Waals surface area (Å²) in [4.78, 5) is 11.9. The second-order valence-corrected chi connectivity index (χ2v) is 5.39. The number of amides is 1. The van der Waals surface area contributed by atoms with E-state index in [4.69, 9.17) is 9.47 Å². The fraction of sp³-hybridized carbons (Fsp3) is 0.267. The van der Waals surface area contributed by atoms with E-state index in [2.05, 4.69) is 15.5 Å². The van der Waals surface area contributed by atoms with Gasteiger partial charge in [0.05, 0.1) is 14.2 Å². The lowest BCUT2D eigenvalue weighted by Crippen LogP contribution is -2.07. The first-order valence-corrected chi connectivity index (χ1v) is 7.50. The molecule has 1 heterocycles. The largest absolute Gasteiger partial charge is 0.497 e. The molecule has 22 heavy (non-hydrogen) atoms. The molecule has 6 nitrogen and oxygen atoms in total. The van der Waals surface area contributed by atoms with Crippen LogP contribution in [0.2, 0.25) is 0 Å². The number of anilines is 1. The monoisotopic (exact) mass is 319 g/mol. The molecule has 1 amide bonds. The predicted octanol–water partition coefficient (Wildman–Crippen LogP) is 2.77. The summed E-state index contributed by atoms with van der Waals surface area (Å²) in [5, 5.41) is 11.9. The zero-order valence-electron chi connectivity index (χ0n) is 12.6. The topological polar surface area (TPSA) is 73.3 Å². The fourth-order valence-electron chi connectivity index (χ4n) is 1.69. The number of nitrogens with zero attached hydrogens (tertiary/aromatic N) is 2. The number of ether oxygens (including phenoxy) is 2. The molecule has 0 atom stereocenters. The Morgan fingerprint density at radius 3 is 2.45 bits per heavy atom. The molecular formula is C15H17N3O3S. The summed E-state index contributed by atoms with van der Waals surface area (Å²) >= 11 is 1.37. The smallest absolute Gasteiger partial charge is 0.250 e. The minimum atomic E-state index is -0.263. The minimum Gasteiger partial charge on any atom is -0.497 e. The molecule has 0 aliphatic heterocycles. The number of hydrogen-bond donors (Lipinski definition) is 1. The molecule has 1 N–H and O–H groups in total. The van der Waals surface area contributed by atoms with E-state index < -0.39 is 0 Å². The van der Waals surface area contributed by atoms with Crippen molar-refractivity contribution < 1.29 is 14.3 Å². The van der Waals surface area contributed by atoms with E-state index in [1.807, 2.05) is 19.1 Å². The molecule has 0 unspecified atom stereocenters. The molecule has 0 spiro atoms. The van der Waals surface area contributed by atoms with Crippen LogP contribution in [0.25, 0.3) is 6.08 Å². The van der Waals surface area contributed by atoms with Crippen LogP contribution in [0.5, 0.6) is 11.5 Å². The SMILES string of the molecule is CCc1nnc(NC(=O)/C=C/c2cc(OC)cc(OC)c2)s1. The van der Waals surface area contributed by atoms with Gasteiger partial charge in [-0.05, 0) is 30.2 Å². The third-order valence-electron chi connectivity index (χ3n) is 2.80. The molecule has 0 saturated heterocycles. The van der Waals surface area contributed by atoms with Gasteiger partial charge in [-0.15, -0.1) is 10.2 Å². The van der Waals surface area contributed by atoms with Crippen molar-refractivity contribution in [2.24, 2.45) is 0 Å². The number of carbonyl (C=O) groups excluding carboxylic acids is 1. The van der Waals surface area contributed by atoms with E-state index in [9.17, 15) is 4.79 Å². The predicted molar refractivity (Wildman–Crippen MR) is 86.5 cm³/mol. The van der Waals surface area contributed by atoms with Crippen LogP contribution in [0.1, 0.15) is 17.5 Å². The number of aromatic nitrogens is 2. The number of methoxy groups -OCH3 is 2. The highest BCUT2D eigenvalue weighted by molar-refractivity contribution is 7.15. The quantitative estimate of drug-likeness (QED) is 0.829. The van der Waals surface area contributed by atoms with Gasteiger partial charge < -0.3 is 9.47 Å². The maximum atomic E-state index is 11.9. The summed E-state index contributed by atoms with van der Waals surface area (Å²) in [6, 6.07) is 5.39. The van der Waals surface area contributed by atoms with Crippen molar-refractivity contribution >= 4 is 28.5 Å². The van der Waals surface area contributed by atoms with Gasteiger partial charge in [-0.3, -0.25) is 10.1 Å². The fourth-order valence-corrected chi connectivity index (χ4v) is 2.37. The summed E-state index contributed by atoms with van der Waals surface area (Å²) in [5.41, 5.74) is 0.804. The molecule has 0 aliphatic carbocycles. The third kappa shape index (κ3) is 4.29. The van der Waals surface area contributed by atoms with E-state index in [1.54, 1.807) is 26.4 Å². The second-order valence-electron chi connectivity index (χ2n) is 4.32. The van der Waals surface area contributed by atoms with Gasteiger partial charge in [-0.25, -0.2) is 0 Å². The van der Waals surface area contributed by atoms with Gasteiger partial charge >= 0.3 is 0 Å². The molecule has 1 aromatic heterocycles. The van der Waals surface area contributed by atoms with E-state index in [0.717, 1.165) is 17.0 Å². The van der Waals surface area contributed by atoms with Crippen molar-refractivity contribution in [3.8, 4) is 11.5 Å². The lowest BCUT2D eigenvalue weighted by Gasteiger charge is -2.05. The van der Waals surface area contributed by atoms with Gasteiger partial charge in [-0.1, -0.05) is 18.3 Å². The van der Waals surface area contributed by atoms with E-state index in [-0.39, 0.29) is 5.91 Å². The normalized spacial score (nSPS) is 10.7. The Labute approximate surface area is 132 Å². The summed E-state index contributed by atoms with van der Waals surface area (Å²) in [5.74, 6) is 1.06. The Morgan fingerprint density at radius 2 is 1.91 bits per heavy atom. The van der Waals surface area contributed by atoms with Crippen molar-refractivity contribution in [2.45, 2.75) is 13.3 Å². The van der Waals surface area contributed by atoms with Crippen LogP contribution in [-0.2, 0) is 11.2 Å². The van der Waals surface area contributed by atoms with Crippen LogP contribution in [0.15, 0.2) is 24.3 Å². The Bertz CT molecular complexity index is 660. The van der Waals surface area contributed by atoms with Gasteiger partial charge in [-0.2, -0.15) is 0 Å². The van der Waals surface area contributed by atoms with Crippen LogP contribution < -0.4 is 14.8 Å². The second kappa shape index (κ2) is 7.56. The highest BCUT2D eigenvalue weighted by Gasteiger charge is 2.05. The number of carbonyl (C=O) groups is 1. The molecule has 2 aromatic rings. The number of rotatable bonds is 6. The van der Waals surface area contributed by atoms with Crippen molar-refractivity contribution in [2.75, 3.05) is 19.5 Å². The molecular weight excluding hydrogens is 302 g/mol. The van der Waals surface area contributed by atoms with E-state index in [0.29, 0.717) is 16.6 Å². The molecule has 7 heteroatoms. The van der Waals surface area contributed by atoms with Gasteiger partial charge in [0.25, 0.3) is 0 Å². The Balaban J connectivity index is 2.05. The van der Waals surface area contributed by atoms with E-state index >= 15 is 0 Å². The molecule has 0 aliphatic rings. The standard InChI is InChI=1S/C15H17N3O3S/c1-4-14-17-18-15(22-14)16-13(19)6-5-10-7-11(20-2)9-12(8-10)21-3/h5-9H,4H2,1-3H3,(H,16,18,19)/b6-5+. The number of nitrogens with one attached hydrogen (secondary N) is 1. The summed E-state index contributed by atoms with van der Waals surface area (Å²) in [6.45, 7) is 1.99.